The smallest absolute Gasteiger partial charge is 0.0662 e. The van der Waals surface area contributed by atoms with Crippen molar-refractivity contribution in [2.45, 2.75) is 19.4 Å². The lowest BCUT2D eigenvalue weighted by Gasteiger charge is -2.12. The molecule has 0 aromatic rings. The Morgan fingerprint density at radius 3 is 2.55 bits per heavy atom. The van der Waals surface area contributed by atoms with Gasteiger partial charge in [0.05, 0.1) is 6.10 Å². The zero-order chi connectivity index (χ0) is 8.69. The molecule has 11 heavy (non-hydrogen) atoms. The van der Waals surface area contributed by atoms with Crippen molar-refractivity contribution in [3.05, 3.63) is 0 Å². The van der Waals surface area contributed by atoms with Gasteiger partial charge >= 0.3 is 0 Å². The van der Waals surface area contributed by atoms with Crippen molar-refractivity contribution in [1.29, 1.82) is 0 Å². The van der Waals surface area contributed by atoms with Gasteiger partial charge in [-0.15, -0.1) is 0 Å². The lowest BCUT2D eigenvalue weighted by molar-refractivity contribution is 0.166. The molecule has 2 N–H and O–H groups in total. The van der Waals surface area contributed by atoms with Crippen LogP contribution in [-0.4, -0.2) is 49.8 Å². The summed E-state index contributed by atoms with van der Waals surface area (Å²) < 4.78 is 0. The molecule has 0 aliphatic heterocycles. The predicted molar refractivity (Wildman–Crippen MR) is 47.7 cm³/mol. The summed E-state index contributed by atoms with van der Waals surface area (Å²) in [5.41, 5.74) is 0. The molecule has 0 unspecified atom stereocenters. The highest BCUT2D eigenvalue weighted by molar-refractivity contribution is 4.57. The molecule has 0 amide bonds. The molecule has 3 nitrogen and oxygen atoms in total. The van der Waals surface area contributed by atoms with E-state index in [-0.39, 0.29) is 6.10 Å². The van der Waals surface area contributed by atoms with Crippen LogP contribution in [0.25, 0.3) is 0 Å². The fraction of sp³-hybridized carbons (Fsp3) is 1.00. The summed E-state index contributed by atoms with van der Waals surface area (Å²) in [5.74, 6) is 0. The zero-order valence-corrected chi connectivity index (χ0v) is 7.80. The van der Waals surface area contributed by atoms with Gasteiger partial charge in [0.15, 0.2) is 0 Å². The molecular formula is C8H20N2O. The van der Waals surface area contributed by atoms with Gasteiger partial charge < -0.3 is 15.3 Å². The first kappa shape index (κ1) is 10.9. The van der Waals surface area contributed by atoms with E-state index < -0.39 is 0 Å². The number of aliphatic hydroxyl groups is 1. The second-order valence-corrected chi connectivity index (χ2v) is 3.07. The Kier molecular flexibility index (Phi) is 6.51. The third-order valence-electron chi connectivity index (χ3n) is 1.59. The van der Waals surface area contributed by atoms with E-state index in [2.05, 4.69) is 10.2 Å². The SMILES string of the molecule is CC[C@@H](O)CNCCN(C)C. The van der Waals surface area contributed by atoms with E-state index in [4.69, 9.17) is 5.11 Å². The lowest BCUT2D eigenvalue weighted by Crippen LogP contribution is -2.32. The number of aliphatic hydroxyl groups excluding tert-OH is 1. The van der Waals surface area contributed by atoms with Crippen LogP contribution in [0.3, 0.4) is 0 Å². The van der Waals surface area contributed by atoms with E-state index in [1.807, 2.05) is 21.0 Å². The van der Waals surface area contributed by atoms with Crippen LogP contribution in [-0.2, 0) is 0 Å². The first-order chi connectivity index (χ1) is 5.16. The number of nitrogens with one attached hydrogen (secondary N) is 1. The second-order valence-electron chi connectivity index (χ2n) is 3.07. The van der Waals surface area contributed by atoms with Crippen LogP contribution in [0.15, 0.2) is 0 Å². The van der Waals surface area contributed by atoms with E-state index >= 15 is 0 Å². The normalized spacial score (nSPS) is 13.9. The molecule has 0 spiro atoms. The third kappa shape index (κ3) is 7.78. The summed E-state index contributed by atoms with van der Waals surface area (Å²) in [5, 5.41) is 12.3. The molecular weight excluding hydrogens is 140 g/mol. The summed E-state index contributed by atoms with van der Waals surface area (Å²) in [7, 11) is 4.08. The number of nitrogens with zero attached hydrogens (tertiary/aromatic N) is 1. The van der Waals surface area contributed by atoms with Crippen molar-refractivity contribution in [1.82, 2.24) is 10.2 Å². The Morgan fingerprint density at radius 1 is 1.45 bits per heavy atom. The van der Waals surface area contributed by atoms with Gasteiger partial charge in [-0.1, -0.05) is 6.92 Å². The minimum absolute atomic E-state index is 0.183. The average molecular weight is 160 g/mol. The Bertz CT molecular complexity index is 86.2. The maximum Gasteiger partial charge on any atom is 0.0662 e. The maximum atomic E-state index is 9.15. The molecule has 0 bridgehead atoms. The van der Waals surface area contributed by atoms with Crippen molar-refractivity contribution in [2.75, 3.05) is 33.7 Å². The monoisotopic (exact) mass is 160 g/mol. The molecule has 0 radical (unpaired) electrons. The van der Waals surface area contributed by atoms with Crippen LogP contribution >= 0.6 is 0 Å². The summed E-state index contributed by atoms with van der Waals surface area (Å²) in [6, 6.07) is 0. The first-order valence-electron chi connectivity index (χ1n) is 4.20. The Hall–Kier alpha value is -0.120. The standard InChI is InChI=1S/C8H20N2O/c1-4-8(11)7-9-5-6-10(2)3/h8-9,11H,4-7H2,1-3H3/t8-/m1/s1. The molecule has 0 aromatic heterocycles. The Balaban J connectivity index is 3.01. The number of rotatable bonds is 6. The van der Waals surface area contributed by atoms with Gasteiger partial charge in [0.1, 0.15) is 0 Å². The van der Waals surface area contributed by atoms with E-state index in [0.717, 1.165) is 19.5 Å². The molecule has 3 heteroatoms. The second kappa shape index (κ2) is 6.58. The minimum atomic E-state index is -0.183. The molecule has 0 aromatic carbocycles. The van der Waals surface area contributed by atoms with Crippen molar-refractivity contribution in [3.8, 4) is 0 Å². The summed E-state index contributed by atoms with van der Waals surface area (Å²) in [6.45, 7) is 4.67. The largest absolute Gasteiger partial charge is 0.392 e. The minimum Gasteiger partial charge on any atom is -0.392 e. The predicted octanol–water partition coefficient (Wildman–Crippen LogP) is -0.0915. The highest BCUT2D eigenvalue weighted by Crippen LogP contribution is 1.85. The molecule has 0 saturated heterocycles. The van der Waals surface area contributed by atoms with Gasteiger partial charge in [-0.2, -0.15) is 0 Å². The van der Waals surface area contributed by atoms with Gasteiger partial charge in [-0.3, -0.25) is 0 Å². The summed E-state index contributed by atoms with van der Waals surface area (Å²) in [6.07, 6.45) is 0.645. The van der Waals surface area contributed by atoms with Gasteiger partial charge in [0.25, 0.3) is 0 Å². The topological polar surface area (TPSA) is 35.5 Å². The van der Waals surface area contributed by atoms with Gasteiger partial charge in [0, 0.05) is 19.6 Å². The van der Waals surface area contributed by atoms with E-state index in [0.29, 0.717) is 6.54 Å². The summed E-state index contributed by atoms with van der Waals surface area (Å²) in [4.78, 5) is 2.12. The number of hydrogen-bond donors (Lipinski definition) is 2. The van der Waals surface area contributed by atoms with Crippen LogP contribution in [0.4, 0.5) is 0 Å². The highest BCUT2D eigenvalue weighted by atomic mass is 16.3. The van der Waals surface area contributed by atoms with Crippen molar-refractivity contribution in [2.24, 2.45) is 0 Å². The van der Waals surface area contributed by atoms with Crippen molar-refractivity contribution in [3.63, 3.8) is 0 Å². The molecule has 0 rings (SSSR count). The highest BCUT2D eigenvalue weighted by Gasteiger charge is 1.98. The number of hydrogen-bond acceptors (Lipinski definition) is 3. The van der Waals surface area contributed by atoms with E-state index in [9.17, 15) is 0 Å². The van der Waals surface area contributed by atoms with Crippen LogP contribution in [0.1, 0.15) is 13.3 Å². The molecule has 1 atom stereocenters. The van der Waals surface area contributed by atoms with Crippen molar-refractivity contribution >= 4 is 0 Å². The van der Waals surface area contributed by atoms with E-state index in [1.165, 1.54) is 0 Å². The van der Waals surface area contributed by atoms with Crippen LogP contribution in [0.5, 0.6) is 0 Å². The maximum absolute atomic E-state index is 9.15. The van der Waals surface area contributed by atoms with Crippen LogP contribution in [0, 0.1) is 0 Å². The quantitative estimate of drug-likeness (QED) is 0.533. The van der Waals surface area contributed by atoms with Gasteiger partial charge in [0.2, 0.25) is 0 Å². The average Bonchev–Trinajstić information content (AvgIpc) is 1.97. The first-order valence-corrected chi connectivity index (χ1v) is 4.20. The molecule has 0 fully saturated rings. The molecule has 0 saturated carbocycles. The Morgan fingerprint density at radius 2 is 2.09 bits per heavy atom. The van der Waals surface area contributed by atoms with Gasteiger partial charge in [-0.05, 0) is 20.5 Å². The van der Waals surface area contributed by atoms with Gasteiger partial charge in [-0.25, -0.2) is 0 Å². The number of likely N-dealkylation sites (N-methyl/N-ethyl adjacent to an activating group) is 1. The lowest BCUT2D eigenvalue weighted by atomic mass is 10.3. The van der Waals surface area contributed by atoms with Crippen molar-refractivity contribution < 1.29 is 5.11 Å². The molecule has 0 aliphatic rings. The molecule has 0 aliphatic carbocycles. The Labute approximate surface area is 69.4 Å². The third-order valence-corrected chi connectivity index (χ3v) is 1.59. The molecule has 0 heterocycles. The zero-order valence-electron chi connectivity index (χ0n) is 7.80. The van der Waals surface area contributed by atoms with E-state index in [1.54, 1.807) is 0 Å². The van der Waals surface area contributed by atoms with Crippen LogP contribution < -0.4 is 5.32 Å². The fourth-order valence-corrected chi connectivity index (χ4v) is 0.716. The molecule has 68 valence electrons. The fourth-order valence-electron chi connectivity index (χ4n) is 0.716. The summed E-state index contributed by atoms with van der Waals surface area (Å²) >= 11 is 0. The van der Waals surface area contributed by atoms with Crippen LogP contribution in [0.2, 0.25) is 0 Å².